The first-order valence-corrected chi connectivity index (χ1v) is 8.62. The number of hydrogen-bond acceptors (Lipinski definition) is 4. The van der Waals surface area contributed by atoms with Gasteiger partial charge in [0, 0.05) is 24.0 Å². The molecule has 1 aliphatic carbocycles. The molecular formula is C18H23N5O3. The third kappa shape index (κ3) is 3.26. The van der Waals surface area contributed by atoms with Gasteiger partial charge in [0.05, 0.1) is 18.2 Å². The van der Waals surface area contributed by atoms with E-state index in [1.54, 1.807) is 4.68 Å². The van der Waals surface area contributed by atoms with Crippen LogP contribution in [0.25, 0.3) is 0 Å². The van der Waals surface area contributed by atoms with Gasteiger partial charge in [0.25, 0.3) is 11.5 Å². The second-order valence-corrected chi connectivity index (χ2v) is 6.77. The molecule has 2 aromatic heterocycles. The maximum absolute atomic E-state index is 12.6. The third-order valence-corrected chi connectivity index (χ3v) is 5.05. The molecule has 0 aliphatic heterocycles. The molecule has 2 aromatic rings. The van der Waals surface area contributed by atoms with Crippen LogP contribution >= 0.6 is 0 Å². The van der Waals surface area contributed by atoms with Crippen LogP contribution in [-0.4, -0.2) is 26.6 Å². The van der Waals surface area contributed by atoms with Crippen LogP contribution in [0.5, 0.6) is 0 Å². The number of nitrogens with one attached hydrogen (secondary N) is 2. The standard InChI is InChI=1S/C18H23N5O3/c1-9-11(10(2)23(3)22-9)8-16(24)20-14-5-4-6-15-12(14)7-13(17(19)25)18(26)21-15/h7,14H,4-6,8H2,1-3H3,(H2,19,25)(H,20,24)(H,21,26). The van der Waals surface area contributed by atoms with E-state index in [9.17, 15) is 14.4 Å². The van der Waals surface area contributed by atoms with Crippen molar-refractivity contribution in [2.45, 2.75) is 45.6 Å². The van der Waals surface area contributed by atoms with Gasteiger partial charge in [0.2, 0.25) is 5.91 Å². The Morgan fingerprint density at radius 1 is 1.42 bits per heavy atom. The van der Waals surface area contributed by atoms with Crippen molar-refractivity contribution >= 4 is 11.8 Å². The van der Waals surface area contributed by atoms with Crippen molar-refractivity contribution in [1.82, 2.24) is 20.1 Å². The van der Waals surface area contributed by atoms with E-state index in [2.05, 4.69) is 15.4 Å². The average Bonchev–Trinajstić information content (AvgIpc) is 2.80. The second-order valence-electron chi connectivity index (χ2n) is 6.77. The number of amides is 2. The summed E-state index contributed by atoms with van der Waals surface area (Å²) in [6.07, 6.45) is 2.53. The molecule has 138 valence electrons. The molecule has 26 heavy (non-hydrogen) atoms. The molecule has 0 fully saturated rings. The summed E-state index contributed by atoms with van der Waals surface area (Å²) in [5.41, 5.74) is 8.95. The average molecular weight is 357 g/mol. The quantitative estimate of drug-likeness (QED) is 0.740. The molecule has 3 rings (SSSR count). The van der Waals surface area contributed by atoms with Crippen molar-refractivity contribution in [3.63, 3.8) is 0 Å². The molecule has 0 spiro atoms. The van der Waals surface area contributed by atoms with Crippen molar-refractivity contribution in [3.8, 4) is 0 Å². The molecule has 1 atom stereocenters. The highest BCUT2D eigenvalue weighted by molar-refractivity contribution is 5.92. The van der Waals surface area contributed by atoms with Crippen molar-refractivity contribution in [3.05, 3.63) is 50.2 Å². The first kappa shape index (κ1) is 17.9. The van der Waals surface area contributed by atoms with Gasteiger partial charge in [-0.2, -0.15) is 5.10 Å². The Bertz CT molecular complexity index is 941. The summed E-state index contributed by atoms with van der Waals surface area (Å²) >= 11 is 0. The number of fused-ring (bicyclic) bond motifs is 1. The summed E-state index contributed by atoms with van der Waals surface area (Å²) < 4.78 is 1.76. The molecule has 0 bridgehead atoms. The lowest BCUT2D eigenvalue weighted by Crippen LogP contribution is -2.35. The van der Waals surface area contributed by atoms with Crippen LogP contribution in [0.2, 0.25) is 0 Å². The number of carbonyl (C=O) groups excluding carboxylic acids is 2. The van der Waals surface area contributed by atoms with Gasteiger partial charge in [-0.3, -0.25) is 19.1 Å². The predicted molar refractivity (Wildman–Crippen MR) is 95.8 cm³/mol. The zero-order valence-electron chi connectivity index (χ0n) is 15.2. The molecule has 1 aliphatic rings. The van der Waals surface area contributed by atoms with Gasteiger partial charge < -0.3 is 16.0 Å². The van der Waals surface area contributed by atoms with Crippen LogP contribution in [0, 0.1) is 13.8 Å². The predicted octanol–water partition coefficient (Wildman–Crippen LogP) is 0.560. The number of pyridine rings is 1. The van der Waals surface area contributed by atoms with Crippen LogP contribution in [0.4, 0.5) is 0 Å². The maximum Gasteiger partial charge on any atom is 0.261 e. The summed E-state index contributed by atoms with van der Waals surface area (Å²) in [7, 11) is 1.85. The highest BCUT2D eigenvalue weighted by Crippen LogP contribution is 2.28. The van der Waals surface area contributed by atoms with Gasteiger partial charge >= 0.3 is 0 Å². The van der Waals surface area contributed by atoms with Gasteiger partial charge in [-0.15, -0.1) is 0 Å². The van der Waals surface area contributed by atoms with Gasteiger partial charge in [0.15, 0.2) is 0 Å². The summed E-state index contributed by atoms with van der Waals surface area (Å²) in [5.74, 6) is -0.889. The van der Waals surface area contributed by atoms with E-state index in [1.807, 2.05) is 20.9 Å². The van der Waals surface area contributed by atoms with Crippen molar-refractivity contribution in [1.29, 1.82) is 0 Å². The van der Waals surface area contributed by atoms with Crippen molar-refractivity contribution in [2.75, 3.05) is 0 Å². The van der Waals surface area contributed by atoms with E-state index in [4.69, 9.17) is 5.73 Å². The minimum atomic E-state index is -0.772. The van der Waals surface area contributed by atoms with E-state index in [-0.39, 0.29) is 23.9 Å². The minimum Gasteiger partial charge on any atom is -0.365 e. The number of nitrogens with zero attached hydrogens (tertiary/aromatic N) is 2. The largest absolute Gasteiger partial charge is 0.365 e. The number of nitrogens with two attached hydrogens (primary N) is 1. The lowest BCUT2D eigenvalue weighted by Gasteiger charge is -2.26. The van der Waals surface area contributed by atoms with Crippen LogP contribution in [0.1, 0.15) is 57.5 Å². The number of primary amides is 1. The van der Waals surface area contributed by atoms with Crippen LogP contribution in [-0.2, 0) is 24.7 Å². The Hall–Kier alpha value is -2.90. The fourth-order valence-electron chi connectivity index (χ4n) is 3.55. The Kier molecular flexibility index (Phi) is 4.67. The normalized spacial score (nSPS) is 16.2. The van der Waals surface area contributed by atoms with Gasteiger partial charge in [-0.1, -0.05) is 0 Å². The fourth-order valence-corrected chi connectivity index (χ4v) is 3.55. The second kappa shape index (κ2) is 6.78. The molecule has 2 amide bonds. The molecule has 0 aromatic carbocycles. The van der Waals surface area contributed by atoms with Crippen LogP contribution in [0.15, 0.2) is 10.9 Å². The van der Waals surface area contributed by atoms with E-state index < -0.39 is 11.5 Å². The molecule has 0 radical (unpaired) electrons. The van der Waals surface area contributed by atoms with E-state index >= 15 is 0 Å². The monoisotopic (exact) mass is 357 g/mol. The smallest absolute Gasteiger partial charge is 0.261 e. The topological polar surface area (TPSA) is 123 Å². The van der Waals surface area contributed by atoms with Gasteiger partial charge in [-0.25, -0.2) is 0 Å². The zero-order valence-corrected chi connectivity index (χ0v) is 15.2. The first-order valence-electron chi connectivity index (χ1n) is 8.62. The number of aryl methyl sites for hydroxylation is 3. The summed E-state index contributed by atoms with van der Waals surface area (Å²) in [6, 6.07) is 1.26. The molecule has 8 nitrogen and oxygen atoms in total. The molecule has 1 unspecified atom stereocenters. The maximum atomic E-state index is 12.6. The Labute approximate surface area is 150 Å². The third-order valence-electron chi connectivity index (χ3n) is 5.05. The van der Waals surface area contributed by atoms with Crippen molar-refractivity contribution < 1.29 is 9.59 Å². The molecule has 4 N–H and O–H groups in total. The molecule has 0 saturated carbocycles. The van der Waals surface area contributed by atoms with Crippen LogP contribution < -0.4 is 16.6 Å². The van der Waals surface area contributed by atoms with Gasteiger partial charge in [-0.05, 0) is 44.7 Å². The highest BCUT2D eigenvalue weighted by Gasteiger charge is 2.25. The van der Waals surface area contributed by atoms with Crippen LogP contribution in [0.3, 0.4) is 0 Å². The number of aromatic amines is 1. The lowest BCUT2D eigenvalue weighted by molar-refractivity contribution is -0.121. The van der Waals surface area contributed by atoms with E-state index in [0.717, 1.165) is 41.1 Å². The Balaban J connectivity index is 1.83. The van der Waals surface area contributed by atoms with E-state index in [1.165, 1.54) is 6.07 Å². The Morgan fingerprint density at radius 3 is 2.77 bits per heavy atom. The summed E-state index contributed by atoms with van der Waals surface area (Å²) in [4.78, 5) is 38.7. The highest BCUT2D eigenvalue weighted by atomic mass is 16.2. The molecule has 0 saturated heterocycles. The number of H-pyrrole nitrogens is 1. The number of rotatable bonds is 4. The number of hydrogen-bond donors (Lipinski definition) is 3. The molecule has 2 heterocycles. The minimum absolute atomic E-state index is 0.0798. The van der Waals surface area contributed by atoms with E-state index in [0.29, 0.717) is 6.42 Å². The summed E-state index contributed by atoms with van der Waals surface area (Å²) in [5, 5.41) is 7.36. The first-order chi connectivity index (χ1) is 12.3. The Morgan fingerprint density at radius 2 is 2.15 bits per heavy atom. The zero-order chi connectivity index (χ0) is 19.0. The molecular weight excluding hydrogens is 334 g/mol. The molecule has 8 heteroatoms. The number of carbonyl (C=O) groups is 2. The SMILES string of the molecule is Cc1nn(C)c(C)c1CC(=O)NC1CCCc2[nH]c(=O)c(C(N)=O)cc21. The fraction of sp³-hybridized carbons (Fsp3) is 0.444. The van der Waals surface area contributed by atoms with Crippen molar-refractivity contribution in [2.24, 2.45) is 12.8 Å². The summed E-state index contributed by atoms with van der Waals surface area (Å²) in [6.45, 7) is 3.82. The lowest BCUT2D eigenvalue weighted by atomic mass is 9.90. The van der Waals surface area contributed by atoms with Gasteiger partial charge in [0.1, 0.15) is 5.56 Å². The number of aromatic nitrogens is 3.